The average Bonchev–Trinajstić information content (AvgIpc) is 2.15. The summed E-state index contributed by atoms with van der Waals surface area (Å²) in [5.41, 5.74) is 0. The highest BCUT2D eigenvalue weighted by Crippen LogP contribution is 2.23. The second kappa shape index (κ2) is 6.67. The molecule has 0 saturated carbocycles. The van der Waals surface area contributed by atoms with Gasteiger partial charge in [-0.25, -0.2) is 8.78 Å². The maximum atomic E-state index is 12.4. The van der Waals surface area contributed by atoms with Crippen LogP contribution in [0.2, 0.25) is 0 Å². The highest BCUT2D eigenvalue weighted by atomic mass is 19.3. The molecule has 0 radical (unpaired) electrons. The molecule has 16 heavy (non-hydrogen) atoms. The largest absolute Gasteiger partial charge is 0.466 e. The predicted octanol–water partition coefficient (Wildman–Crippen LogP) is 2.25. The lowest BCUT2D eigenvalue weighted by Gasteiger charge is -2.18. The summed E-state index contributed by atoms with van der Waals surface area (Å²) in [5.74, 6) is -4.81. The molecule has 0 aliphatic carbocycles. The zero-order valence-electron chi connectivity index (χ0n) is 9.01. The summed E-state index contributed by atoms with van der Waals surface area (Å²) < 4.78 is 57.2. The maximum absolute atomic E-state index is 12.4. The Morgan fingerprint density at radius 2 is 1.94 bits per heavy atom. The first-order valence-corrected chi connectivity index (χ1v) is 4.72. The van der Waals surface area contributed by atoms with E-state index in [4.69, 9.17) is 0 Å². The number of alkyl halides is 4. The van der Waals surface area contributed by atoms with E-state index in [-0.39, 0.29) is 13.0 Å². The maximum Gasteiger partial charge on any atom is 0.330 e. The Hall–Kier alpha value is -0.850. The topological polar surface area (TPSA) is 35.5 Å². The number of carbonyl (C=O) groups is 1. The third-order valence-electron chi connectivity index (χ3n) is 1.64. The van der Waals surface area contributed by atoms with Crippen LogP contribution < -0.4 is 0 Å². The van der Waals surface area contributed by atoms with Crippen molar-refractivity contribution in [1.82, 2.24) is 0 Å². The molecule has 0 aliphatic heterocycles. The summed E-state index contributed by atoms with van der Waals surface area (Å²) in [5, 5.41) is 0. The van der Waals surface area contributed by atoms with E-state index < -0.39 is 31.0 Å². The molecular weight excluding hydrogens is 232 g/mol. The second-order valence-corrected chi connectivity index (χ2v) is 3.19. The van der Waals surface area contributed by atoms with E-state index >= 15 is 0 Å². The first kappa shape index (κ1) is 15.2. The fraction of sp³-hybridized carbons (Fsp3) is 0.889. The van der Waals surface area contributed by atoms with Crippen molar-refractivity contribution in [3.05, 3.63) is 0 Å². The second-order valence-electron chi connectivity index (χ2n) is 3.19. The van der Waals surface area contributed by atoms with Crippen molar-refractivity contribution in [3.63, 3.8) is 0 Å². The van der Waals surface area contributed by atoms with Crippen LogP contribution in [-0.4, -0.2) is 37.6 Å². The molecule has 0 heterocycles. The molecule has 0 spiro atoms. The molecule has 0 rings (SSSR count). The number of ether oxygens (including phenoxy) is 2. The van der Waals surface area contributed by atoms with Crippen molar-refractivity contribution < 1.29 is 31.8 Å². The molecule has 0 aromatic rings. The molecule has 0 bridgehead atoms. The molecule has 0 aliphatic rings. The number of halogens is 4. The van der Waals surface area contributed by atoms with Gasteiger partial charge in [-0.15, -0.1) is 0 Å². The van der Waals surface area contributed by atoms with Crippen molar-refractivity contribution in [1.29, 1.82) is 0 Å². The lowest BCUT2D eigenvalue weighted by molar-refractivity contribution is -0.177. The van der Waals surface area contributed by atoms with Gasteiger partial charge < -0.3 is 9.47 Å². The van der Waals surface area contributed by atoms with Crippen LogP contribution in [0.4, 0.5) is 17.6 Å². The van der Waals surface area contributed by atoms with Crippen molar-refractivity contribution in [2.45, 2.75) is 38.7 Å². The van der Waals surface area contributed by atoms with Gasteiger partial charge in [-0.1, -0.05) is 0 Å². The van der Waals surface area contributed by atoms with Crippen LogP contribution in [0.1, 0.15) is 20.3 Å². The number of esters is 1. The lowest BCUT2D eigenvalue weighted by atomic mass is 10.3. The molecule has 0 saturated heterocycles. The van der Waals surface area contributed by atoms with Crippen LogP contribution >= 0.6 is 0 Å². The van der Waals surface area contributed by atoms with E-state index in [2.05, 4.69) is 9.47 Å². The van der Waals surface area contributed by atoms with Crippen LogP contribution in [0.3, 0.4) is 0 Å². The molecular formula is C9H14F4O3. The Morgan fingerprint density at radius 1 is 1.38 bits per heavy atom. The SMILES string of the molecule is CCOC(=O)CC(C)OCC(F)(F)C(F)F. The van der Waals surface area contributed by atoms with Gasteiger partial charge in [0.25, 0.3) is 0 Å². The first-order chi connectivity index (χ1) is 7.29. The van der Waals surface area contributed by atoms with Crippen LogP contribution in [0.15, 0.2) is 0 Å². The quantitative estimate of drug-likeness (QED) is 0.510. The smallest absolute Gasteiger partial charge is 0.330 e. The minimum absolute atomic E-state index is 0.165. The molecule has 0 aromatic carbocycles. The fourth-order valence-corrected chi connectivity index (χ4v) is 0.830. The standard InChI is InChI=1S/C9H14F4O3/c1-3-15-7(14)4-6(2)16-5-9(12,13)8(10)11/h6,8H,3-5H2,1-2H3. The minimum atomic E-state index is -4.19. The van der Waals surface area contributed by atoms with Gasteiger partial charge in [0, 0.05) is 0 Å². The molecule has 0 fully saturated rings. The number of hydrogen-bond donors (Lipinski definition) is 0. The summed E-state index contributed by atoms with van der Waals surface area (Å²) in [6, 6.07) is 0. The van der Waals surface area contributed by atoms with Crippen LogP contribution in [0.25, 0.3) is 0 Å². The summed E-state index contributed by atoms with van der Waals surface area (Å²) >= 11 is 0. The van der Waals surface area contributed by atoms with Gasteiger partial charge >= 0.3 is 18.3 Å². The Bertz CT molecular complexity index is 221. The van der Waals surface area contributed by atoms with E-state index in [1.165, 1.54) is 6.92 Å². The summed E-state index contributed by atoms with van der Waals surface area (Å²) in [6.07, 6.45) is -4.90. The zero-order chi connectivity index (χ0) is 12.8. The molecule has 3 nitrogen and oxygen atoms in total. The zero-order valence-corrected chi connectivity index (χ0v) is 9.01. The predicted molar refractivity (Wildman–Crippen MR) is 47.6 cm³/mol. The number of rotatable bonds is 7. The van der Waals surface area contributed by atoms with Gasteiger partial charge in [0.05, 0.1) is 19.1 Å². The van der Waals surface area contributed by atoms with E-state index in [1.807, 2.05) is 0 Å². The van der Waals surface area contributed by atoms with Gasteiger partial charge in [0.2, 0.25) is 0 Å². The highest BCUT2D eigenvalue weighted by Gasteiger charge is 2.41. The van der Waals surface area contributed by atoms with Crippen molar-refractivity contribution in [3.8, 4) is 0 Å². The third-order valence-corrected chi connectivity index (χ3v) is 1.64. The first-order valence-electron chi connectivity index (χ1n) is 4.72. The van der Waals surface area contributed by atoms with Crippen molar-refractivity contribution in [2.24, 2.45) is 0 Å². The van der Waals surface area contributed by atoms with Gasteiger partial charge in [-0.3, -0.25) is 4.79 Å². The number of carbonyl (C=O) groups excluding carboxylic acids is 1. The number of hydrogen-bond acceptors (Lipinski definition) is 3. The van der Waals surface area contributed by atoms with E-state index in [1.54, 1.807) is 6.92 Å². The summed E-state index contributed by atoms with van der Waals surface area (Å²) in [6.45, 7) is 1.68. The molecule has 0 N–H and O–H groups in total. The molecule has 7 heteroatoms. The lowest BCUT2D eigenvalue weighted by Crippen LogP contribution is -2.34. The van der Waals surface area contributed by atoms with Gasteiger partial charge in [0.15, 0.2) is 0 Å². The van der Waals surface area contributed by atoms with Crippen LogP contribution in [0.5, 0.6) is 0 Å². The fourth-order valence-electron chi connectivity index (χ4n) is 0.830. The van der Waals surface area contributed by atoms with Crippen LogP contribution in [0, 0.1) is 0 Å². The molecule has 1 atom stereocenters. The van der Waals surface area contributed by atoms with E-state index in [0.29, 0.717) is 0 Å². The minimum Gasteiger partial charge on any atom is -0.466 e. The Labute approximate surface area is 90.7 Å². The normalized spacial score (nSPS) is 13.9. The Morgan fingerprint density at radius 3 is 2.38 bits per heavy atom. The van der Waals surface area contributed by atoms with E-state index in [0.717, 1.165) is 0 Å². The van der Waals surface area contributed by atoms with Gasteiger partial charge in [0.1, 0.15) is 6.61 Å². The molecule has 0 aromatic heterocycles. The molecule has 0 amide bonds. The highest BCUT2D eigenvalue weighted by molar-refractivity contribution is 5.69. The van der Waals surface area contributed by atoms with Crippen LogP contribution in [-0.2, 0) is 14.3 Å². The monoisotopic (exact) mass is 246 g/mol. The van der Waals surface area contributed by atoms with E-state index in [9.17, 15) is 22.4 Å². The molecule has 1 unspecified atom stereocenters. The molecule has 96 valence electrons. The van der Waals surface area contributed by atoms with Crippen molar-refractivity contribution >= 4 is 5.97 Å². The van der Waals surface area contributed by atoms with Gasteiger partial charge in [-0.05, 0) is 13.8 Å². The third kappa shape index (κ3) is 5.89. The Kier molecular flexibility index (Phi) is 6.32. The summed E-state index contributed by atoms with van der Waals surface area (Å²) in [7, 11) is 0. The Balaban J connectivity index is 3.89. The van der Waals surface area contributed by atoms with Gasteiger partial charge in [-0.2, -0.15) is 8.78 Å². The average molecular weight is 246 g/mol. The summed E-state index contributed by atoms with van der Waals surface area (Å²) in [4.78, 5) is 10.9. The van der Waals surface area contributed by atoms with Crippen molar-refractivity contribution in [2.75, 3.05) is 13.2 Å².